The summed E-state index contributed by atoms with van der Waals surface area (Å²) in [4.78, 5) is 22.9. The van der Waals surface area contributed by atoms with Gasteiger partial charge >= 0.3 is 5.97 Å². The summed E-state index contributed by atoms with van der Waals surface area (Å²) in [6.07, 6.45) is 3.49. The van der Waals surface area contributed by atoms with Crippen LogP contribution in [0.3, 0.4) is 0 Å². The van der Waals surface area contributed by atoms with E-state index in [-0.39, 0.29) is 11.8 Å². The fourth-order valence-electron chi connectivity index (χ4n) is 1.78. The molecular formula is C11H13BrN2O3. The Kier molecular flexibility index (Phi) is 3.24. The minimum absolute atomic E-state index is 0.0835. The van der Waals surface area contributed by atoms with Crippen molar-refractivity contribution in [2.75, 3.05) is 0 Å². The molecule has 1 unspecified atom stereocenters. The molecule has 1 aliphatic carbocycles. The maximum atomic E-state index is 11.9. The highest BCUT2D eigenvalue weighted by Gasteiger charge is 2.37. The predicted octanol–water partition coefficient (Wildman–Crippen LogP) is 1.38. The fourth-order valence-corrected chi connectivity index (χ4v) is 2.30. The number of carboxylic acid groups (broad SMARTS) is 1. The Bertz CT molecular complexity index is 465. The van der Waals surface area contributed by atoms with Crippen LogP contribution in [0.25, 0.3) is 0 Å². The zero-order valence-electron chi connectivity index (χ0n) is 9.31. The van der Waals surface area contributed by atoms with Crippen molar-refractivity contribution >= 4 is 27.8 Å². The minimum atomic E-state index is -0.964. The van der Waals surface area contributed by atoms with Crippen LogP contribution in [0.15, 0.2) is 16.7 Å². The van der Waals surface area contributed by atoms with Gasteiger partial charge in [-0.1, -0.05) is 0 Å². The van der Waals surface area contributed by atoms with Crippen LogP contribution in [0.2, 0.25) is 0 Å². The van der Waals surface area contributed by atoms with Gasteiger partial charge in [0.2, 0.25) is 0 Å². The van der Waals surface area contributed by atoms with E-state index >= 15 is 0 Å². The van der Waals surface area contributed by atoms with E-state index in [1.807, 2.05) is 0 Å². The van der Waals surface area contributed by atoms with E-state index in [1.165, 1.54) is 0 Å². The Morgan fingerprint density at radius 1 is 1.59 bits per heavy atom. The molecule has 1 heterocycles. The second-order valence-corrected chi connectivity index (χ2v) is 5.20. The molecule has 1 amide bonds. The zero-order valence-corrected chi connectivity index (χ0v) is 10.9. The van der Waals surface area contributed by atoms with Gasteiger partial charge in [0.1, 0.15) is 11.7 Å². The Hall–Kier alpha value is -1.30. The average molecular weight is 301 g/mol. The first kappa shape index (κ1) is 12.2. The van der Waals surface area contributed by atoms with Gasteiger partial charge in [-0.15, -0.1) is 0 Å². The highest BCUT2D eigenvalue weighted by molar-refractivity contribution is 9.10. The molecule has 5 nitrogen and oxygen atoms in total. The maximum Gasteiger partial charge on any atom is 0.326 e. The summed E-state index contributed by atoms with van der Waals surface area (Å²) < 4.78 is 2.45. The lowest BCUT2D eigenvalue weighted by Gasteiger charge is -2.13. The fraction of sp³-hybridized carbons (Fsp3) is 0.455. The van der Waals surface area contributed by atoms with Crippen LogP contribution in [-0.2, 0) is 11.8 Å². The van der Waals surface area contributed by atoms with Gasteiger partial charge in [-0.2, -0.15) is 0 Å². The lowest BCUT2D eigenvalue weighted by Crippen LogP contribution is -2.42. The number of halogens is 1. The quantitative estimate of drug-likeness (QED) is 0.882. The molecule has 0 spiro atoms. The monoisotopic (exact) mass is 300 g/mol. The second-order valence-electron chi connectivity index (χ2n) is 4.28. The van der Waals surface area contributed by atoms with Crippen molar-refractivity contribution in [1.82, 2.24) is 9.88 Å². The van der Waals surface area contributed by atoms with Crippen LogP contribution in [0.5, 0.6) is 0 Å². The van der Waals surface area contributed by atoms with E-state index in [0.29, 0.717) is 5.69 Å². The van der Waals surface area contributed by atoms with Crippen molar-refractivity contribution in [1.29, 1.82) is 0 Å². The van der Waals surface area contributed by atoms with Gasteiger partial charge in [-0.05, 0) is 40.8 Å². The van der Waals surface area contributed by atoms with Gasteiger partial charge in [0, 0.05) is 17.7 Å². The van der Waals surface area contributed by atoms with Gasteiger partial charge in [0.05, 0.1) is 0 Å². The largest absolute Gasteiger partial charge is 0.480 e. The molecule has 92 valence electrons. The number of aromatic nitrogens is 1. The molecule has 1 fully saturated rings. The molecule has 1 aliphatic rings. The Morgan fingerprint density at radius 2 is 2.24 bits per heavy atom. The van der Waals surface area contributed by atoms with E-state index in [2.05, 4.69) is 21.2 Å². The molecule has 1 saturated carbocycles. The van der Waals surface area contributed by atoms with E-state index in [4.69, 9.17) is 5.11 Å². The summed E-state index contributed by atoms with van der Waals surface area (Å²) in [5.74, 6) is -1.23. The molecule has 2 N–H and O–H groups in total. The standard InChI is InChI=1S/C11H13BrN2O3/c1-14-5-7(12)4-8(14)10(15)13-9(11(16)17)6-2-3-6/h4-6,9H,2-3H2,1H3,(H,13,15)(H,16,17). The lowest BCUT2D eigenvalue weighted by molar-refractivity contribution is -0.139. The topological polar surface area (TPSA) is 71.3 Å². The van der Waals surface area contributed by atoms with Gasteiger partial charge < -0.3 is 15.0 Å². The first-order chi connectivity index (χ1) is 7.99. The van der Waals surface area contributed by atoms with Crippen LogP contribution in [-0.4, -0.2) is 27.6 Å². The van der Waals surface area contributed by atoms with E-state index in [1.54, 1.807) is 23.9 Å². The Morgan fingerprint density at radius 3 is 2.65 bits per heavy atom. The first-order valence-corrected chi connectivity index (χ1v) is 6.14. The minimum Gasteiger partial charge on any atom is -0.480 e. The predicted molar refractivity (Wildman–Crippen MR) is 64.7 cm³/mol. The van der Waals surface area contributed by atoms with Crippen molar-refractivity contribution in [3.63, 3.8) is 0 Å². The number of rotatable bonds is 4. The molecule has 17 heavy (non-hydrogen) atoms. The number of hydrogen-bond donors (Lipinski definition) is 2. The number of aryl methyl sites for hydroxylation is 1. The lowest BCUT2D eigenvalue weighted by atomic mass is 10.2. The average Bonchev–Trinajstić information content (AvgIpc) is 3.00. The summed E-state index contributed by atoms with van der Waals surface area (Å²) in [5.41, 5.74) is 0.448. The molecule has 0 aliphatic heterocycles. The van der Waals surface area contributed by atoms with Gasteiger partial charge in [-0.3, -0.25) is 4.79 Å². The summed E-state index contributed by atoms with van der Waals surface area (Å²) in [6, 6.07) is 0.900. The number of amides is 1. The number of carbonyl (C=O) groups is 2. The third-order valence-corrected chi connectivity index (χ3v) is 3.28. The highest BCUT2D eigenvalue weighted by atomic mass is 79.9. The van der Waals surface area contributed by atoms with Crippen molar-refractivity contribution in [2.24, 2.45) is 13.0 Å². The zero-order chi connectivity index (χ0) is 12.6. The van der Waals surface area contributed by atoms with Crippen molar-refractivity contribution in [3.05, 3.63) is 22.4 Å². The maximum absolute atomic E-state index is 11.9. The normalized spacial score (nSPS) is 16.6. The first-order valence-electron chi connectivity index (χ1n) is 5.34. The van der Waals surface area contributed by atoms with Crippen LogP contribution >= 0.6 is 15.9 Å². The molecule has 1 atom stereocenters. The van der Waals surface area contributed by atoms with Crippen LogP contribution in [0.4, 0.5) is 0 Å². The highest BCUT2D eigenvalue weighted by Crippen LogP contribution is 2.32. The molecular weight excluding hydrogens is 288 g/mol. The van der Waals surface area contributed by atoms with E-state index < -0.39 is 12.0 Å². The third-order valence-electron chi connectivity index (χ3n) is 2.85. The molecule has 6 heteroatoms. The molecule has 0 bridgehead atoms. The summed E-state index contributed by atoms with van der Waals surface area (Å²) in [6.45, 7) is 0. The molecule has 1 aromatic heterocycles. The summed E-state index contributed by atoms with van der Waals surface area (Å²) >= 11 is 3.27. The molecule has 0 saturated heterocycles. The number of carboxylic acids is 1. The number of aliphatic carboxylic acids is 1. The smallest absolute Gasteiger partial charge is 0.326 e. The van der Waals surface area contributed by atoms with Gasteiger partial charge in [0.15, 0.2) is 0 Å². The van der Waals surface area contributed by atoms with E-state index in [9.17, 15) is 9.59 Å². The number of hydrogen-bond acceptors (Lipinski definition) is 2. The number of nitrogens with one attached hydrogen (secondary N) is 1. The number of carbonyl (C=O) groups excluding carboxylic acids is 1. The number of nitrogens with zero attached hydrogens (tertiary/aromatic N) is 1. The van der Waals surface area contributed by atoms with Crippen LogP contribution in [0, 0.1) is 5.92 Å². The molecule has 0 radical (unpaired) electrons. The van der Waals surface area contributed by atoms with E-state index in [0.717, 1.165) is 17.3 Å². The van der Waals surface area contributed by atoms with Gasteiger partial charge in [0.25, 0.3) is 5.91 Å². The Labute approximate surface area is 107 Å². The SMILES string of the molecule is Cn1cc(Br)cc1C(=O)NC(C(=O)O)C1CC1. The van der Waals surface area contributed by atoms with Crippen molar-refractivity contribution in [3.8, 4) is 0 Å². The summed E-state index contributed by atoms with van der Waals surface area (Å²) in [7, 11) is 1.74. The summed E-state index contributed by atoms with van der Waals surface area (Å²) in [5, 5.41) is 11.6. The Balaban J connectivity index is 2.10. The molecule has 2 rings (SSSR count). The van der Waals surface area contributed by atoms with Gasteiger partial charge in [-0.25, -0.2) is 4.79 Å². The third kappa shape index (κ3) is 2.69. The molecule has 1 aromatic rings. The van der Waals surface area contributed by atoms with Crippen LogP contribution in [0.1, 0.15) is 23.3 Å². The van der Waals surface area contributed by atoms with Crippen LogP contribution < -0.4 is 5.32 Å². The molecule has 0 aromatic carbocycles. The van der Waals surface area contributed by atoms with Crippen molar-refractivity contribution < 1.29 is 14.7 Å². The second kappa shape index (κ2) is 4.52. The van der Waals surface area contributed by atoms with Crippen molar-refractivity contribution in [2.45, 2.75) is 18.9 Å².